The number of nitrogens with zero attached hydrogens (tertiary/aromatic N) is 2. The van der Waals surface area contributed by atoms with Gasteiger partial charge in [0.15, 0.2) is 0 Å². The Balaban J connectivity index is 1.91. The van der Waals surface area contributed by atoms with E-state index in [0.29, 0.717) is 12.0 Å². The lowest BCUT2D eigenvalue weighted by Crippen LogP contribution is -2.22. The van der Waals surface area contributed by atoms with Crippen LogP contribution in [0.3, 0.4) is 0 Å². The van der Waals surface area contributed by atoms with E-state index in [-0.39, 0.29) is 0 Å². The van der Waals surface area contributed by atoms with Gasteiger partial charge in [0.1, 0.15) is 0 Å². The maximum absolute atomic E-state index is 4.43. The average Bonchev–Trinajstić information content (AvgIpc) is 2.94. The fraction of sp³-hybridized carbons (Fsp3) is 0.400. The van der Waals surface area contributed by atoms with Crippen LogP contribution in [0.1, 0.15) is 43.2 Å². The molecule has 1 aromatic carbocycles. The minimum Gasteiger partial charge on any atom is -0.269 e. The van der Waals surface area contributed by atoms with Crippen molar-refractivity contribution in [2.45, 2.75) is 37.6 Å². The van der Waals surface area contributed by atoms with E-state index in [1.165, 1.54) is 31.2 Å². The summed E-state index contributed by atoms with van der Waals surface area (Å²) in [6.07, 6.45) is 9.20. The van der Waals surface area contributed by atoms with Crippen molar-refractivity contribution in [3.8, 4) is 0 Å². The largest absolute Gasteiger partial charge is 0.269 e. The molecule has 0 saturated heterocycles. The van der Waals surface area contributed by atoms with E-state index in [1.54, 1.807) is 0 Å². The van der Waals surface area contributed by atoms with E-state index in [4.69, 9.17) is 0 Å². The molecule has 1 heterocycles. The zero-order chi connectivity index (χ0) is 11.5. The molecule has 0 bridgehead atoms. The normalized spacial score (nSPS) is 24.7. The quantitative estimate of drug-likeness (QED) is 0.762. The van der Waals surface area contributed by atoms with E-state index in [0.717, 1.165) is 0 Å². The number of hydrogen-bond donors (Lipinski definition) is 0. The molecule has 0 aliphatic heterocycles. The molecule has 2 heteroatoms. The van der Waals surface area contributed by atoms with Crippen LogP contribution < -0.4 is 0 Å². The van der Waals surface area contributed by atoms with Gasteiger partial charge < -0.3 is 0 Å². The molecule has 17 heavy (non-hydrogen) atoms. The van der Waals surface area contributed by atoms with Gasteiger partial charge in [-0.05, 0) is 24.5 Å². The number of hydrogen-bond acceptors (Lipinski definition) is 1. The van der Waals surface area contributed by atoms with Gasteiger partial charge >= 0.3 is 0 Å². The third-order valence-corrected chi connectivity index (χ3v) is 3.82. The van der Waals surface area contributed by atoms with Gasteiger partial charge in [-0.1, -0.05) is 43.2 Å². The highest BCUT2D eigenvalue weighted by atomic mass is 15.3. The Labute approximate surface area is 102 Å². The zero-order valence-corrected chi connectivity index (χ0v) is 10.00. The molecule has 2 atom stereocenters. The molecule has 1 aliphatic rings. The maximum atomic E-state index is 4.43. The maximum Gasteiger partial charge on any atom is 0.0587 e. The third-order valence-electron chi connectivity index (χ3n) is 3.82. The first-order chi connectivity index (χ1) is 8.45. The molecular weight excluding hydrogens is 208 g/mol. The Kier molecular flexibility index (Phi) is 2.95. The van der Waals surface area contributed by atoms with Crippen molar-refractivity contribution >= 4 is 0 Å². The first kappa shape index (κ1) is 10.6. The molecule has 2 nitrogen and oxygen atoms in total. The molecule has 1 fully saturated rings. The van der Waals surface area contributed by atoms with Gasteiger partial charge in [0.2, 0.25) is 0 Å². The van der Waals surface area contributed by atoms with Crippen LogP contribution in [0, 0.1) is 0 Å². The van der Waals surface area contributed by atoms with E-state index >= 15 is 0 Å². The Morgan fingerprint density at radius 1 is 1.00 bits per heavy atom. The Morgan fingerprint density at radius 3 is 2.59 bits per heavy atom. The summed E-state index contributed by atoms with van der Waals surface area (Å²) in [5.41, 5.74) is 1.47. The van der Waals surface area contributed by atoms with Gasteiger partial charge in [0.25, 0.3) is 0 Å². The highest BCUT2D eigenvalue weighted by molar-refractivity contribution is 5.21. The summed E-state index contributed by atoms with van der Waals surface area (Å²) < 4.78 is 2.15. The Morgan fingerprint density at radius 2 is 1.82 bits per heavy atom. The van der Waals surface area contributed by atoms with Crippen molar-refractivity contribution in [3.63, 3.8) is 0 Å². The summed E-state index contributed by atoms with van der Waals surface area (Å²) in [5, 5.41) is 4.43. The number of benzene rings is 1. The smallest absolute Gasteiger partial charge is 0.0587 e. The summed E-state index contributed by atoms with van der Waals surface area (Å²) in [7, 11) is 0. The molecule has 0 radical (unpaired) electrons. The second-order valence-corrected chi connectivity index (χ2v) is 4.86. The molecule has 1 aromatic heterocycles. The molecule has 1 aliphatic carbocycles. The van der Waals surface area contributed by atoms with Crippen LogP contribution in [0.2, 0.25) is 0 Å². The molecule has 88 valence electrons. The molecule has 0 amide bonds. The summed E-state index contributed by atoms with van der Waals surface area (Å²) >= 11 is 0. The highest BCUT2D eigenvalue weighted by Crippen LogP contribution is 2.40. The van der Waals surface area contributed by atoms with Gasteiger partial charge in [0.05, 0.1) is 6.04 Å². The van der Waals surface area contributed by atoms with Gasteiger partial charge in [0, 0.05) is 18.3 Å². The van der Waals surface area contributed by atoms with Crippen molar-refractivity contribution in [2.24, 2.45) is 0 Å². The summed E-state index contributed by atoms with van der Waals surface area (Å²) in [4.78, 5) is 0. The van der Waals surface area contributed by atoms with Gasteiger partial charge in [-0.15, -0.1) is 0 Å². The first-order valence-corrected chi connectivity index (χ1v) is 6.49. The Hall–Kier alpha value is -1.57. The third kappa shape index (κ3) is 2.12. The fourth-order valence-corrected chi connectivity index (χ4v) is 2.99. The second kappa shape index (κ2) is 4.74. The van der Waals surface area contributed by atoms with Crippen LogP contribution >= 0.6 is 0 Å². The molecule has 3 rings (SSSR count). The van der Waals surface area contributed by atoms with Crippen molar-refractivity contribution in [1.29, 1.82) is 0 Å². The van der Waals surface area contributed by atoms with Crippen LogP contribution in [0.4, 0.5) is 0 Å². The van der Waals surface area contributed by atoms with Gasteiger partial charge in [-0.3, -0.25) is 4.68 Å². The molecule has 2 unspecified atom stereocenters. The molecule has 2 aromatic rings. The van der Waals surface area contributed by atoms with Crippen LogP contribution in [0.5, 0.6) is 0 Å². The molecule has 1 saturated carbocycles. The summed E-state index contributed by atoms with van der Waals surface area (Å²) in [6, 6.07) is 13.5. The molecular formula is C15H18N2. The lowest BCUT2D eigenvalue weighted by molar-refractivity contribution is 0.285. The monoisotopic (exact) mass is 226 g/mol. The van der Waals surface area contributed by atoms with Gasteiger partial charge in [-0.2, -0.15) is 5.10 Å². The minimum absolute atomic E-state index is 0.543. The second-order valence-electron chi connectivity index (χ2n) is 4.86. The topological polar surface area (TPSA) is 17.8 Å². The van der Waals surface area contributed by atoms with Crippen LogP contribution in [0.25, 0.3) is 0 Å². The lowest BCUT2D eigenvalue weighted by atomic mass is 9.80. The van der Waals surface area contributed by atoms with E-state index in [2.05, 4.69) is 46.3 Å². The van der Waals surface area contributed by atoms with Crippen LogP contribution in [-0.2, 0) is 0 Å². The van der Waals surface area contributed by atoms with E-state index in [9.17, 15) is 0 Å². The van der Waals surface area contributed by atoms with E-state index in [1.807, 2.05) is 12.3 Å². The Bertz CT molecular complexity index is 447. The average molecular weight is 226 g/mol. The predicted octanol–water partition coefficient (Wildman–Crippen LogP) is 3.78. The van der Waals surface area contributed by atoms with Crippen LogP contribution in [-0.4, -0.2) is 9.78 Å². The summed E-state index contributed by atoms with van der Waals surface area (Å²) in [5.74, 6) is 0.629. The van der Waals surface area contributed by atoms with Crippen molar-refractivity contribution < 1.29 is 0 Å². The fourth-order valence-electron chi connectivity index (χ4n) is 2.99. The van der Waals surface area contributed by atoms with Crippen molar-refractivity contribution in [2.75, 3.05) is 0 Å². The SMILES string of the molecule is c1ccc(C2CCCCC2n2cccn2)cc1. The van der Waals surface area contributed by atoms with Gasteiger partial charge in [-0.25, -0.2) is 0 Å². The zero-order valence-electron chi connectivity index (χ0n) is 10.00. The number of aromatic nitrogens is 2. The highest BCUT2D eigenvalue weighted by Gasteiger charge is 2.27. The minimum atomic E-state index is 0.543. The van der Waals surface area contributed by atoms with Crippen molar-refractivity contribution in [1.82, 2.24) is 9.78 Å². The van der Waals surface area contributed by atoms with Crippen LogP contribution in [0.15, 0.2) is 48.8 Å². The molecule has 0 spiro atoms. The first-order valence-electron chi connectivity index (χ1n) is 6.49. The predicted molar refractivity (Wildman–Crippen MR) is 68.9 cm³/mol. The number of rotatable bonds is 2. The van der Waals surface area contributed by atoms with Crippen molar-refractivity contribution in [3.05, 3.63) is 54.4 Å². The lowest BCUT2D eigenvalue weighted by Gasteiger charge is -2.32. The standard InChI is InChI=1S/C15H18N2/c1-2-7-13(8-3-1)14-9-4-5-10-15(14)17-12-6-11-16-17/h1-3,6-8,11-12,14-15H,4-5,9-10H2. The summed E-state index contributed by atoms with van der Waals surface area (Å²) in [6.45, 7) is 0. The molecule has 0 N–H and O–H groups in total. The van der Waals surface area contributed by atoms with E-state index < -0.39 is 0 Å².